The van der Waals surface area contributed by atoms with Gasteiger partial charge >= 0.3 is 0 Å². The van der Waals surface area contributed by atoms with Crippen molar-refractivity contribution in [2.24, 2.45) is 0 Å². The SMILES string of the molecule is COc1cnc2c(-c3nc4cc(F)c5c(c4s3)C[C@@](C)(CO)O5)cc(Cl)cc2c1. The average molecular weight is 431 g/mol. The summed E-state index contributed by atoms with van der Waals surface area (Å²) in [6, 6.07) is 6.87. The van der Waals surface area contributed by atoms with E-state index < -0.39 is 11.4 Å². The molecule has 4 aromatic rings. The first kappa shape index (κ1) is 18.5. The van der Waals surface area contributed by atoms with Crippen molar-refractivity contribution in [1.29, 1.82) is 0 Å². The number of aliphatic hydroxyl groups is 1. The van der Waals surface area contributed by atoms with Crippen LogP contribution in [0, 0.1) is 5.82 Å². The van der Waals surface area contributed by atoms with Gasteiger partial charge in [-0.15, -0.1) is 11.3 Å². The zero-order valence-electron chi connectivity index (χ0n) is 15.6. The lowest BCUT2D eigenvalue weighted by atomic mass is 10.00. The number of fused-ring (bicyclic) bond motifs is 4. The Balaban J connectivity index is 1.73. The number of thiazole rings is 1. The number of hydrogen-bond acceptors (Lipinski definition) is 6. The number of methoxy groups -OCH3 is 1. The highest BCUT2D eigenvalue weighted by Gasteiger charge is 2.38. The Labute approximate surface area is 174 Å². The van der Waals surface area contributed by atoms with Gasteiger partial charge < -0.3 is 14.6 Å². The maximum atomic E-state index is 14.6. The molecule has 5 nitrogen and oxygen atoms in total. The van der Waals surface area contributed by atoms with E-state index in [2.05, 4.69) is 9.97 Å². The molecule has 1 aliphatic heterocycles. The molecule has 1 atom stereocenters. The highest BCUT2D eigenvalue weighted by atomic mass is 35.5. The van der Waals surface area contributed by atoms with Gasteiger partial charge in [0.15, 0.2) is 11.6 Å². The number of aliphatic hydroxyl groups excluding tert-OH is 1. The molecule has 1 aliphatic rings. The van der Waals surface area contributed by atoms with Gasteiger partial charge in [-0.1, -0.05) is 11.6 Å². The smallest absolute Gasteiger partial charge is 0.167 e. The average Bonchev–Trinajstić information content (AvgIpc) is 3.28. The minimum Gasteiger partial charge on any atom is -0.495 e. The van der Waals surface area contributed by atoms with E-state index in [9.17, 15) is 9.50 Å². The number of benzene rings is 2. The van der Waals surface area contributed by atoms with Gasteiger partial charge in [-0.05, 0) is 25.1 Å². The van der Waals surface area contributed by atoms with Crippen LogP contribution in [-0.4, -0.2) is 34.4 Å². The molecule has 0 saturated heterocycles. The molecule has 5 rings (SSSR count). The normalized spacial score (nSPS) is 18.2. The summed E-state index contributed by atoms with van der Waals surface area (Å²) in [4.78, 5) is 9.18. The number of aromatic nitrogens is 2. The van der Waals surface area contributed by atoms with Gasteiger partial charge in [-0.25, -0.2) is 9.37 Å². The van der Waals surface area contributed by atoms with Gasteiger partial charge in [0.05, 0.1) is 35.6 Å². The van der Waals surface area contributed by atoms with Crippen LogP contribution in [0.4, 0.5) is 4.39 Å². The van der Waals surface area contributed by atoms with Crippen molar-refractivity contribution in [2.45, 2.75) is 18.9 Å². The third kappa shape index (κ3) is 2.92. The van der Waals surface area contributed by atoms with Gasteiger partial charge in [0.1, 0.15) is 16.4 Å². The maximum Gasteiger partial charge on any atom is 0.167 e. The fraction of sp³-hybridized carbons (Fsp3) is 0.238. The first-order chi connectivity index (χ1) is 13.9. The van der Waals surface area contributed by atoms with E-state index in [1.807, 2.05) is 18.2 Å². The van der Waals surface area contributed by atoms with Crippen LogP contribution in [0.5, 0.6) is 11.5 Å². The molecule has 2 aromatic heterocycles. The number of ether oxygens (including phenoxy) is 2. The van der Waals surface area contributed by atoms with E-state index in [-0.39, 0.29) is 12.4 Å². The lowest BCUT2D eigenvalue weighted by molar-refractivity contribution is 0.0421. The molecule has 29 heavy (non-hydrogen) atoms. The Morgan fingerprint density at radius 3 is 2.93 bits per heavy atom. The molecule has 0 fully saturated rings. The monoisotopic (exact) mass is 430 g/mol. The Morgan fingerprint density at radius 2 is 2.17 bits per heavy atom. The second-order valence-corrected chi connectivity index (χ2v) is 8.76. The van der Waals surface area contributed by atoms with Crippen molar-refractivity contribution in [1.82, 2.24) is 9.97 Å². The molecule has 2 aromatic carbocycles. The first-order valence-corrected chi connectivity index (χ1v) is 10.2. The van der Waals surface area contributed by atoms with Crippen molar-refractivity contribution >= 4 is 44.1 Å². The molecule has 3 heterocycles. The minimum atomic E-state index is -0.831. The summed E-state index contributed by atoms with van der Waals surface area (Å²) in [5.74, 6) is 0.360. The van der Waals surface area contributed by atoms with Gasteiger partial charge in [-0.3, -0.25) is 4.98 Å². The van der Waals surface area contributed by atoms with Crippen molar-refractivity contribution in [2.75, 3.05) is 13.7 Å². The molecule has 0 unspecified atom stereocenters. The summed E-state index contributed by atoms with van der Waals surface area (Å²) in [5.41, 5.74) is 1.97. The van der Waals surface area contributed by atoms with E-state index in [0.29, 0.717) is 27.7 Å². The quantitative estimate of drug-likeness (QED) is 0.495. The van der Waals surface area contributed by atoms with Crippen LogP contribution in [0.1, 0.15) is 12.5 Å². The van der Waals surface area contributed by atoms with Crippen LogP contribution < -0.4 is 9.47 Å². The van der Waals surface area contributed by atoms with Crippen molar-refractivity contribution < 1.29 is 19.0 Å². The largest absolute Gasteiger partial charge is 0.495 e. The number of hydrogen-bond donors (Lipinski definition) is 1. The second-order valence-electron chi connectivity index (χ2n) is 7.32. The third-order valence-corrected chi connectivity index (χ3v) is 6.49. The van der Waals surface area contributed by atoms with E-state index in [4.69, 9.17) is 21.1 Å². The summed E-state index contributed by atoms with van der Waals surface area (Å²) >= 11 is 7.78. The third-order valence-electron chi connectivity index (χ3n) is 5.10. The molecule has 0 saturated carbocycles. The van der Waals surface area contributed by atoms with E-state index >= 15 is 0 Å². The molecule has 8 heteroatoms. The molecule has 0 spiro atoms. The van der Waals surface area contributed by atoms with Gasteiger partial charge in [-0.2, -0.15) is 0 Å². The topological polar surface area (TPSA) is 64.5 Å². The molecule has 0 amide bonds. The van der Waals surface area contributed by atoms with E-state index in [1.54, 1.807) is 20.2 Å². The molecule has 0 radical (unpaired) electrons. The molecular formula is C21H16ClFN2O3S. The van der Waals surface area contributed by atoms with Crippen molar-refractivity contribution in [3.8, 4) is 22.1 Å². The van der Waals surface area contributed by atoms with Crippen LogP contribution in [0.25, 0.3) is 31.7 Å². The summed E-state index contributed by atoms with van der Waals surface area (Å²) < 4.78 is 26.4. The maximum absolute atomic E-state index is 14.6. The zero-order valence-corrected chi connectivity index (χ0v) is 17.2. The van der Waals surface area contributed by atoms with Crippen LogP contribution in [0.15, 0.2) is 30.5 Å². The highest BCUT2D eigenvalue weighted by Crippen LogP contribution is 2.45. The standard InChI is InChI=1S/C21H16ClFN2O3S/c1-21(9-26)7-14-18(28-21)15(23)6-16-19(14)29-20(25-16)13-5-11(22)3-10-4-12(27-2)8-24-17(10)13/h3-6,8,26H,7,9H2,1-2H3/t21-/m0/s1. The van der Waals surface area contributed by atoms with E-state index in [1.165, 1.54) is 17.4 Å². The second kappa shape index (κ2) is 6.52. The molecule has 1 N–H and O–H groups in total. The van der Waals surface area contributed by atoms with Crippen LogP contribution in [-0.2, 0) is 6.42 Å². The summed E-state index contributed by atoms with van der Waals surface area (Å²) in [5, 5.41) is 11.7. The lowest BCUT2D eigenvalue weighted by Gasteiger charge is -2.20. The Hall–Kier alpha value is -2.48. The Morgan fingerprint density at radius 1 is 1.34 bits per heavy atom. The van der Waals surface area contributed by atoms with Gasteiger partial charge in [0, 0.05) is 34.0 Å². The minimum absolute atomic E-state index is 0.195. The summed E-state index contributed by atoms with van der Waals surface area (Å²) in [7, 11) is 1.58. The predicted molar refractivity (Wildman–Crippen MR) is 112 cm³/mol. The summed E-state index contributed by atoms with van der Waals surface area (Å²) in [6.07, 6.45) is 2.06. The molecule has 0 bridgehead atoms. The molecule has 148 valence electrons. The van der Waals surface area contributed by atoms with Gasteiger partial charge in [0.2, 0.25) is 0 Å². The van der Waals surface area contributed by atoms with Crippen LogP contribution >= 0.6 is 22.9 Å². The highest BCUT2D eigenvalue weighted by molar-refractivity contribution is 7.22. The van der Waals surface area contributed by atoms with E-state index in [0.717, 1.165) is 26.7 Å². The lowest BCUT2D eigenvalue weighted by Crippen LogP contribution is -2.34. The fourth-order valence-corrected chi connectivity index (χ4v) is 5.00. The zero-order chi connectivity index (χ0) is 20.3. The van der Waals surface area contributed by atoms with Crippen LogP contribution in [0.2, 0.25) is 5.02 Å². The number of nitrogens with zero attached hydrogens (tertiary/aromatic N) is 2. The molecule has 0 aliphatic carbocycles. The van der Waals surface area contributed by atoms with Crippen LogP contribution in [0.3, 0.4) is 0 Å². The molecular weight excluding hydrogens is 415 g/mol. The predicted octanol–water partition coefficient (Wildman–Crippen LogP) is 5.00. The van der Waals surface area contributed by atoms with Crippen molar-refractivity contribution in [3.63, 3.8) is 0 Å². The van der Waals surface area contributed by atoms with Crippen molar-refractivity contribution in [3.05, 3.63) is 46.9 Å². The Kier molecular flexibility index (Phi) is 4.17. The number of rotatable bonds is 3. The first-order valence-electron chi connectivity index (χ1n) is 8.96. The Bertz CT molecular complexity index is 1290. The summed E-state index contributed by atoms with van der Waals surface area (Å²) in [6.45, 7) is 1.57. The fourth-order valence-electron chi connectivity index (χ4n) is 3.68. The van der Waals surface area contributed by atoms with Gasteiger partial charge in [0.25, 0.3) is 0 Å². The number of pyridine rings is 1. The number of halogens is 2.